The topological polar surface area (TPSA) is 82.5 Å². The Balaban J connectivity index is 2.40. The number of methoxy groups -OCH3 is 2. The number of carbonyl (C=O) groups is 1. The first-order chi connectivity index (χ1) is 10.7. The van der Waals surface area contributed by atoms with Crippen LogP contribution in [0.15, 0.2) is 41.2 Å². The Morgan fingerprint density at radius 1 is 1.27 bits per heavy atom. The van der Waals surface area contributed by atoms with E-state index in [-0.39, 0.29) is 17.0 Å². The smallest absolute Gasteiger partial charge is 0.275 e. The maximum absolute atomic E-state index is 12.2. The van der Waals surface area contributed by atoms with Crippen molar-refractivity contribution in [2.24, 2.45) is 0 Å². The third-order valence-corrected chi connectivity index (χ3v) is 2.92. The summed E-state index contributed by atoms with van der Waals surface area (Å²) in [4.78, 5) is 24.3. The van der Waals surface area contributed by atoms with Gasteiger partial charge >= 0.3 is 0 Å². The molecule has 0 spiro atoms. The number of nitrogens with zero attached hydrogens (tertiary/aromatic N) is 2. The molecule has 1 amide bonds. The molecule has 116 valence electrons. The molecular formula is C15H17N3O4. The number of aromatic nitrogens is 2. The van der Waals surface area contributed by atoms with Crippen molar-refractivity contribution in [1.82, 2.24) is 15.1 Å². The van der Waals surface area contributed by atoms with E-state index >= 15 is 0 Å². The van der Waals surface area contributed by atoms with Gasteiger partial charge in [-0.1, -0.05) is 18.2 Å². The van der Waals surface area contributed by atoms with Crippen molar-refractivity contribution >= 4 is 5.91 Å². The molecule has 7 nitrogen and oxygen atoms in total. The molecule has 2 rings (SSSR count). The Morgan fingerprint density at radius 2 is 2.00 bits per heavy atom. The van der Waals surface area contributed by atoms with Crippen LogP contribution < -0.4 is 15.6 Å². The molecular weight excluding hydrogens is 286 g/mol. The summed E-state index contributed by atoms with van der Waals surface area (Å²) in [6.07, 6.45) is 0. The van der Waals surface area contributed by atoms with Crippen molar-refractivity contribution in [3.05, 3.63) is 52.4 Å². The molecule has 1 aromatic carbocycles. The van der Waals surface area contributed by atoms with Gasteiger partial charge in [0.05, 0.1) is 25.5 Å². The Hall–Kier alpha value is -2.67. The number of carbonyl (C=O) groups excluding carboxylic acids is 1. The van der Waals surface area contributed by atoms with Crippen LogP contribution in [-0.2, 0) is 4.74 Å². The molecule has 0 saturated heterocycles. The molecule has 1 heterocycles. The van der Waals surface area contributed by atoms with Crippen LogP contribution in [0.25, 0.3) is 5.69 Å². The van der Waals surface area contributed by atoms with Gasteiger partial charge < -0.3 is 14.8 Å². The second-order valence-corrected chi connectivity index (χ2v) is 4.40. The second-order valence-electron chi connectivity index (χ2n) is 4.40. The first-order valence-electron chi connectivity index (χ1n) is 6.68. The highest BCUT2D eigenvalue weighted by Crippen LogP contribution is 2.13. The molecule has 1 N–H and O–H groups in total. The van der Waals surface area contributed by atoms with Gasteiger partial charge in [0.15, 0.2) is 11.4 Å². The van der Waals surface area contributed by atoms with Crippen LogP contribution in [0.1, 0.15) is 10.5 Å². The highest BCUT2D eigenvalue weighted by atomic mass is 16.5. The predicted molar refractivity (Wildman–Crippen MR) is 80.6 cm³/mol. The van der Waals surface area contributed by atoms with E-state index in [9.17, 15) is 9.59 Å². The molecule has 0 radical (unpaired) electrons. The monoisotopic (exact) mass is 303 g/mol. The quantitative estimate of drug-likeness (QED) is 0.791. The highest BCUT2D eigenvalue weighted by Gasteiger charge is 2.17. The van der Waals surface area contributed by atoms with Gasteiger partial charge in [0.1, 0.15) is 0 Å². The lowest BCUT2D eigenvalue weighted by molar-refractivity contribution is 0.0926. The number of hydrogen-bond donors (Lipinski definition) is 1. The lowest BCUT2D eigenvalue weighted by Crippen LogP contribution is -2.31. The zero-order chi connectivity index (χ0) is 15.9. The van der Waals surface area contributed by atoms with E-state index in [1.165, 1.54) is 13.2 Å². The molecule has 1 aromatic heterocycles. The number of amides is 1. The van der Waals surface area contributed by atoms with Crippen LogP contribution in [0.3, 0.4) is 0 Å². The highest BCUT2D eigenvalue weighted by molar-refractivity contribution is 5.94. The average Bonchev–Trinajstić information content (AvgIpc) is 2.55. The van der Waals surface area contributed by atoms with E-state index in [1.807, 2.05) is 6.07 Å². The molecule has 0 aliphatic heterocycles. The van der Waals surface area contributed by atoms with E-state index < -0.39 is 5.91 Å². The van der Waals surface area contributed by atoms with Crippen molar-refractivity contribution in [3.63, 3.8) is 0 Å². The maximum atomic E-state index is 12.2. The lowest BCUT2D eigenvalue weighted by Gasteiger charge is -2.11. The predicted octanol–water partition coefficient (Wildman–Crippen LogP) is 0.617. The summed E-state index contributed by atoms with van der Waals surface area (Å²) in [5.74, 6) is -0.300. The minimum absolute atomic E-state index is 0.0436. The van der Waals surface area contributed by atoms with E-state index in [0.29, 0.717) is 18.8 Å². The Labute approximate surface area is 127 Å². The van der Waals surface area contributed by atoms with Gasteiger partial charge in [-0.15, -0.1) is 0 Å². The van der Waals surface area contributed by atoms with Crippen LogP contribution in [0.2, 0.25) is 0 Å². The van der Waals surface area contributed by atoms with Crippen molar-refractivity contribution in [2.75, 3.05) is 27.4 Å². The Bertz CT molecular complexity index is 698. The standard InChI is InChI=1S/C15H17N3O4/c1-21-9-8-16-15(20)14-12(22-2)10-13(19)18(17-14)11-6-4-3-5-7-11/h3-7,10H,8-9H2,1-2H3,(H,16,20). The van der Waals surface area contributed by atoms with Crippen LogP contribution in [0.5, 0.6) is 5.75 Å². The zero-order valence-electron chi connectivity index (χ0n) is 12.4. The fraction of sp³-hybridized carbons (Fsp3) is 0.267. The van der Waals surface area contributed by atoms with Gasteiger partial charge in [0, 0.05) is 13.7 Å². The van der Waals surface area contributed by atoms with Crippen molar-refractivity contribution in [3.8, 4) is 11.4 Å². The third kappa shape index (κ3) is 3.50. The largest absolute Gasteiger partial charge is 0.494 e. The molecule has 0 aliphatic carbocycles. The summed E-state index contributed by atoms with van der Waals surface area (Å²) in [6, 6.07) is 10.1. The van der Waals surface area contributed by atoms with Crippen LogP contribution in [0, 0.1) is 0 Å². The van der Waals surface area contributed by atoms with Crippen LogP contribution in [0.4, 0.5) is 0 Å². The zero-order valence-corrected chi connectivity index (χ0v) is 12.4. The minimum atomic E-state index is -0.432. The number of benzene rings is 1. The van der Waals surface area contributed by atoms with Crippen LogP contribution in [-0.4, -0.2) is 43.1 Å². The molecule has 0 unspecified atom stereocenters. The molecule has 0 saturated carbocycles. The van der Waals surface area contributed by atoms with Gasteiger partial charge in [0.2, 0.25) is 0 Å². The van der Waals surface area contributed by atoms with E-state index in [4.69, 9.17) is 9.47 Å². The fourth-order valence-corrected chi connectivity index (χ4v) is 1.86. The number of ether oxygens (including phenoxy) is 2. The summed E-state index contributed by atoms with van der Waals surface area (Å²) >= 11 is 0. The first-order valence-corrected chi connectivity index (χ1v) is 6.68. The van der Waals surface area contributed by atoms with Gasteiger partial charge in [-0.25, -0.2) is 0 Å². The van der Waals surface area contributed by atoms with Crippen LogP contribution >= 0.6 is 0 Å². The maximum Gasteiger partial charge on any atom is 0.275 e. The molecule has 0 bridgehead atoms. The van der Waals surface area contributed by atoms with Gasteiger partial charge in [-0.3, -0.25) is 9.59 Å². The second kappa shape index (κ2) is 7.37. The molecule has 2 aromatic rings. The molecule has 0 atom stereocenters. The summed E-state index contributed by atoms with van der Waals surface area (Å²) < 4.78 is 11.1. The average molecular weight is 303 g/mol. The first kappa shape index (κ1) is 15.7. The summed E-state index contributed by atoms with van der Waals surface area (Å²) in [7, 11) is 2.93. The van der Waals surface area contributed by atoms with Crippen molar-refractivity contribution < 1.29 is 14.3 Å². The number of nitrogens with one attached hydrogen (secondary N) is 1. The van der Waals surface area contributed by atoms with E-state index in [2.05, 4.69) is 10.4 Å². The SMILES string of the molecule is COCCNC(=O)c1nn(-c2ccccc2)c(=O)cc1OC. The van der Waals surface area contributed by atoms with E-state index in [1.54, 1.807) is 31.4 Å². The fourth-order valence-electron chi connectivity index (χ4n) is 1.86. The summed E-state index contributed by atoms with van der Waals surface area (Å²) in [5.41, 5.74) is 0.236. The number of hydrogen-bond acceptors (Lipinski definition) is 5. The summed E-state index contributed by atoms with van der Waals surface area (Å²) in [5, 5.41) is 6.77. The summed E-state index contributed by atoms with van der Waals surface area (Å²) in [6.45, 7) is 0.719. The van der Waals surface area contributed by atoms with Crippen molar-refractivity contribution in [1.29, 1.82) is 0 Å². The normalized spacial score (nSPS) is 10.3. The molecule has 0 fully saturated rings. The Kier molecular flexibility index (Phi) is 5.26. The van der Waals surface area contributed by atoms with Gasteiger partial charge in [0.25, 0.3) is 11.5 Å². The molecule has 0 aliphatic rings. The van der Waals surface area contributed by atoms with Gasteiger partial charge in [-0.05, 0) is 12.1 Å². The third-order valence-electron chi connectivity index (χ3n) is 2.92. The molecule has 7 heteroatoms. The number of para-hydroxylation sites is 1. The van der Waals surface area contributed by atoms with E-state index in [0.717, 1.165) is 4.68 Å². The lowest BCUT2D eigenvalue weighted by atomic mass is 10.3. The van der Waals surface area contributed by atoms with Crippen molar-refractivity contribution in [2.45, 2.75) is 0 Å². The Morgan fingerprint density at radius 3 is 2.64 bits per heavy atom. The van der Waals surface area contributed by atoms with Gasteiger partial charge in [-0.2, -0.15) is 9.78 Å². The minimum Gasteiger partial charge on any atom is -0.494 e. The molecule has 22 heavy (non-hydrogen) atoms. The number of rotatable bonds is 6.